The van der Waals surface area contributed by atoms with Crippen LogP contribution >= 0.6 is 27.7 Å². The summed E-state index contributed by atoms with van der Waals surface area (Å²) in [5.74, 6) is 0.622. The molecule has 1 aliphatic rings. The second-order valence-corrected chi connectivity index (χ2v) is 8.26. The monoisotopic (exact) mass is 433 g/mol. The molecule has 136 valence electrons. The number of fused-ring (bicyclic) bond motifs is 1. The first-order chi connectivity index (χ1) is 12.5. The number of para-hydroxylation sites is 1. The van der Waals surface area contributed by atoms with Gasteiger partial charge in [-0.2, -0.15) is 0 Å². The van der Waals surface area contributed by atoms with Crippen molar-refractivity contribution in [3.8, 4) is 0 Å². The fraction of sp³-hybridized carbons (Fsp3) is 0.263. The molecule has 1 aliphatic heterocycles. The van der Waals surface area contributed by atoms with Gasteiger partial charge in [0, 0.05) is 21.2 Å². The minimum Gasteiger partial charge on any atom is -0.366 e. The predicted molar refractivity (Wildman–Crippen MR) is 108 cm³/mol. The highest BCUT2D eigenvalue weighted by atomic mass is 79.9. The fourth-order valence-electron chi connectivity index (χ4n) is 3.03. The zero-order valence-electron chi connectivity index (χ0n) is 14.3. The van der Waals surface area contributed by atoms with Crippen LogP contribution in [0.15, 0.2) is 51.8 Å². The van der Waals surface area contributed by atoms with Crippen LogP contribution in [-0.2, 0) is 4.79 Å². The SMILES string of the molecule is C[C@@H]1CSc2ccc(Br)cc2[C@H]1NCC(=O)Nc1ccccc1C(N)=O. The van der Waals surface area contributed by atoms with Crippen molar-refractivity contribution in [2.45, 2.75) is 17.9 Å². The van der Waals surface area contributed by atoms with Crippen molar-refractivity contribution in [3.63, 3.8) is 0 Å². The number of carbonyl (C=O) groups is 2. The maximum atomic E-state index is 12.4. The van der Waals surface area contributed by atoms with E-state index in [2.05, 4.69) is 45.6 Å². The van der Waals surface area contributed by atoms with Gasteiger partial charge in [0.25, 0.3) is 5.91 Å². The predicted octanol–water partition coefficient (Wildman–Crippen LogP) is 3.56. The third-order valence-electron chi connectivity index (χ3n) is 4.33. The van der Waals surface area contributed by atoms with Gasteiger partial charge in [0.05, 0.1) is 17.8 Å². The van der Waals surface area contributed by atoms with Crippen LogP contribution in [0.2, 0.25) is 0 Å². The van der Waals surface area contributed by atoms with Crippen LogP contribution in [-0.4, -0.2) is 24.1 Å². The number of hydrogen-bond acceptors (Lipinski definition) is 4. The van der Waals surface area contributed by atoms with Crippen LogP contribution in [0, 0.1) is 5.92 Å². The van der Waals surface area contributed by atoms with Crippen LogP contribution in [0.25, 0.3) is 0 Å². The number of amides is 2. The zero-order valence-corrected chi connectivity index (χ0v) is 16.7. The van der Waals surface area contributed by atoms with Crippen molar-refractivity contribution in [3.05, 3.63) is 58.1 Å². The number of nitrogens with two attached hydrogens (primary N) is 1. The number of thioether (sulfide) groups is 1. The fourth-order valence-corrected chi connectivity index (χ4v) is 4.56. The molecular weight excluding hydrogens is 414 g/mol. The van der Waals surface area contributed by atoms with E-state index >= 15 is 0 Å². The Hall–Kier alpha value is -1.83. The summed E-state index contributed by atoms with van der Waals surface area (Å²) in [5, 5.41) is 6.13. The lowest BCUT2D eigenvalue weighted by Crippen LogP contribution is -2.36. The molecule has 0 bridgehead atoms. The summed E-state index contributed by atoms with van der Waals surface area (Å²) in [6, 6.07) is 13.1. The summed E-state index contributed by atoms with van der Waals surface area (Å²) in [6.07, 6.45) is 0. The minimum absolute atomic E-state index is 0.0980. The lowest BCUT2D eigenvalue weighted by molar-refractivity contribution is -0.115. The first-order valence-electron chi connectivity index (χ1n) is 8.30. The molecule has 0 fully saturated rings. The maximum absolute atomic E-state index is 12.4. The Labute approximate surface area is 165 Å². The largest absolute Gasteiger partial charge is 0.366 e. The van der Waals surface area contributed by atoms with Crippen molar-refractivity contribution < 1.29 is 9.59 Å². The van der Waals surface area contributed by atoms with E-state index in [0.717, 1.165) is 10.2 Å². The Kier molecular flexibility index (Phi) is 6.01. The van der Waals surface area contributed by atoms with Gasteiger partial charge in [0.2, 0.25) is 5.91 Å². The van der Waals surface area contributed by atoms with Gasteiger partial charge >= 0.3 is 0 Å². The van der Waals surface area contributed by atoms with E-state index in [1.807, 2.05) is 17.8 Å². The van der Waals surface area contributed by atoms with Crippen LogP contribution in [0.5, 0.6) is 0 Å². The van der Waals surface area contributed by atoms with Gasteiger partial charge in [0.1, 0.15) is 0 Å². The smallest absolute Gasteiger partial charge is 0.250 e. The van der Waals surface area contributed by atoms with Crippen molar-refractivity contribution in [1.29, 1.82) is 0 Å². The van der Waals surface area contributed by atoms with E-state index in [1.54, 1.807) is 24.3 Å². The molecule has 0 saturated carbocycles. The van der Waals surface area contributed by atoms with E-state index in [9.17, 15) is 9.59 Å². The molecular formula is C19H20BrN3O2S. The summed E-state index contributed by atoms with van der Waals surface area (Å²) in [7, 11) is 0. The third kappa shape index (κ3) is 4.28. The highest BCUT2D eigenvalue weighted by molar-refractivity contribution is 9.10. The quantitative estimate of drug-likeness (QED) is 0.672. The zero-order chi connectivity index (χ0) is 18.7. The molecule has 1 heterocycles. The summed E-state index contributed by atoms with van der Waals surface area (Å²) in [6.45, 7) is 2.33. The summed E-state index contributed by atoms with van der Waals surface area (Å²) in [5.41, 5.74) is 7.29. The molecule has 2 aromatic rings. The molecule has 2 aromatic carbocycles. The van der Waals surface area contributed by atoms with E-state index < -0.39 is 5.91 Å². The van der Waals surface area contributed by atoms with Crippen LogP contribution in [0.1, 0.15) is 28.9 Å². The molecule has 2 amide bonds. The first-order valence-corrected chi connectivity index (χ1v) is 10.1. The van der Waals surface area contributed by atoms with Gasteiger partial charge in [-0.15, -0.1) is 11.8 Å². The second kappa shape index (κ2) is 8.24. The van der Waals surface area contributed by atoms with E-state index in [-0.39, 0.29) is 18.5 Å². The molecule has 4 N–H and O–H groups in total. The number of benzene rings is 2. The van der Waals surface area contributed by atoms with Crippen molar-refractivity contribution >= 4 is 45.2 Å². The third-order valence-corrected chi connectivity index (χ3v) is 6.20. The summed E-state index contributed by atoms with van der Waals surface area (Å²) < 4.78 is 1.03. The number of primary amides is 1. The second-order valence-electron chi connectivity index (χ2n) is 6.29. The molecule has 3 rings (SSSR count). The maximum Gasteiger partial charge on any atom is 0.250 e. The Bertz CT molecular complexity index is 843. The van der Waals surface area contributed by atoms with E-state index in [1.165, 1.54) is 10.5 Å². The molecule has 0 spiro atoms. The number of hydrogen-bond donors (Lipinski definition) is 3. The molecule has 0 aromatic heterocycles. The average Bonchev–Trinajstić information content (AvgIpc) is 2.61. The lowest BCUT2D eigenvalue weighted by atomic mass is 9.95. The molecule has 0 unspecified atom stereocenters. The van der Waals surface area contributed by atoms with Crippen molar-refractivity contribution in [1.82, 2.24) is 5.32 Å². The van der Waals surface area contributed by atoms with Crippen molar-refractivity contribution in [2.75, 3.05) is 17.6 Å². The molecule has 2 atom stereocenters. The molecule has 26 heavy (non-hydrogen) atoms. The lowest BCUT2D eigenvalue weighted by Gasteiger charge is -2.31. The number of carbonyl (C=O) groups excluding carboxylic acids is 2. The van der Waals surface area contributed by atoms with Gasteiger partial charge in [-0.1, -0.05) is 35.0 Å². The van der Waals surface area contributed by atoms with Gasteiger partial charge < -0.3 is 16.4 Å². The summed E-state index contributed by atoms with van der Waals surface area (Å²) >= 11 is 5.36. The molecule has 0 aliphatic carbocycles. The Balaban J connectivity index is 1.69. The highest BCUT2D eigenvalue weighted by Crippen LogP contribution is 2.40. The highest BCUT2D eigenvalue weighted by Gasteiger charge is 2.27. The molecule has 0 radical (unpaired) electrons. The minimum atomic E-state index is -0.564. The summed E-state index contributed by atoms with van der Waals surface area (Å²) in [4.78, 5) is 25.1. The van der Waals surface area contributed by atoms with Gasteiger partial charge in [-0.05, 0) is 41.8 Å². The Morgan fingerprint density at radius 1 is 1.27 bits per heavy atom. The Morgan fingerprint density at radius 3 is 2.81 bits per heavy atom. The van der Waals surface area contributed by atoms with Gasteiger partial charge in [-0.3, -0.25) is 9.59 Å². The number of nitrogens with one attached hydrogen (secondary N) is 2. The Morgan fingerprint density at radius 2 is 2.04 bits per heavy atom. The average molecular weight is 434 g/mol. The molecule has 0 saturated heterocycles. The van der Waals surface area contributed by atoms with Crippen molar-refractivity contribution in [2.24, 2.45) is 11.7 Å². The van der Waals surface area contributed by atoms with E-state index in [4.69, 9.17) is 5.73 Å². The number of rotatable bonds is 5. The first kappa shape index (κ1) is 18.9. The van der Waals surface area contributed by atoms with Crippen LogP contribution in [0.4, 0.5) is 5.69 Å². The van der Waals surface area contributed by atoms with Crippen LogP contribution < -0.4 is 16.4 Å². The van der Waals surface area contributed by atoms with E-state index in [0.29, 0.717) is 17.2 Å². The molecule has 5 nitrogen and oxygen atoms in total. The molecule has 7 heteroatoms. The normalized spacial score (nSPS) is 18.8. The van der Waals surface area contributed by atoms with Crippen LogP contribution in [0.3, 0.4) is 0 Å². The topological polar surface area (TPSA) is 84.2 Å². The number of halogens is 1. The van der Waals surface area contributed by atoms with Gasteiger partial charge in [0.15, 0.2) is 0 Å². The standard InChI is InChI=1S/C19H20BrN3O2S/c1-11-10-26-16-7-6-12(20)8-14(16)18(11)22-9-17(24)23-15-5-3-2-4-13(15)19(21)25/h2-8,11,18,22H,9-10H2,1H3,(H2,21,25)(H,23,24)/t11-,18+/m1/s1. The van der Waals surface area contributed by atoms with Gasteiger partial charge in [-0.25, -0.2) is 0 Å². The number of anilines is 1.